The SMILES string of the molecule is Cc1ccc(-c2nnc(-c3ccc4ccccc4n3)o2)cc1. The number of para-hydroxylation sites is 1. The molecule has 0 N–H and O–H groups in total. The van der Waals surface area contributed by atoms with Crippen molar-refractivity contribution in [3.05, 3.63) is 66.2 Å². The predicted octanol–water partition coefficient (Wildman–Crippen LogP) is 4.26. The number of pyridine rings is 1. The summed E-state index contributed by atoms with van der Waals surface area (Å²) in [6, 6.07) is 19.8. The van der Waals surface area contributed by atoms with Crippen molar-refractivity contribution in [2.24, 2.45) is 0 Å². The van der Waals surface area contributed by atoms with E-state index >= 15 is 0 Å². The summed E-state index contributed by atoms with van der Waals surface area (Å²) in [4.78, 5) is 4.57. The molecule has 4 nitrogen and oxygen atoms in total. The van der Waals surface area contributed by atoms with Crippen molar-refractivity contribution in [2.75, 3.05) is 0 Å². The lowest BCUT2D eigenvalue weighted by molar-refractivity contribution is 0.582. The fourth-order valence-corrected chi connectivity index (χ4v) is 2.32. The zero-order chi connectivity index (χ0) is 14.9. The van der Waals surface area contributed by atoms with E-state index in [4.69, 9.17) is 4.42 Å². The summed E-state index contributed by atoms with van der Waals surface area (Å²) >= 11 is 0. The first-order valence-corrected chi connectivity index (χ1v) is 7.06. The summed E-state index contributed by atoms with van der Waals surface area (Å²) in [6.07, 6.45) is 0. The van der Waals surface area contributed by atoms with E-state index in [1.54, 1.807) is 0 Å². The Bertz CT molecular complexity index is 942. The molecule has 0 spiro atoms. The minimum absolute atomic E-state index is 0.432. The number of aryl methyl sites for hydroxylation is 1. The van der Waals surface area contributed by atoms with Crippen LogP contribution in [0.25, 0.3) is 33.9 Å². The number of rotatable bonds is 2. The lowest BCUT2D eigenvalue weighted by Gasteiger charge is -1.98. The van der Waals surface area contributed by atoms with Crippen LogP contribution in [0.1, 0.15) is 5.56 Å². The second-order valence-corrected chi connectivity index (χ2v) is 5.17. The zero-order valence-electron chi connectivity index (χ0n) is 12.0. The molecule has 0 saturated heterocycles. The molecule has 0 bridgehead atoms. The Kier molecular flexibility index (Phi) is 2.93. The van der Waals surface area contributed by atoms with Gasteiger partial charge in [-0.05, 0) is 31.2 Å². The van der Waals surface area contributed by atoms with Gasteiger partial charge in [0.25, 0.3) is 5.89 Å². The van der Waals surface area contributed by atoms with E-state index in [1.165, 1.54) is 5.56 Å². The molecule has 0 saturated carbocycles. The Balaban J connectivity index is 1.74. The van der Waals surface area contributed by atoms with Gasteiger partial charge in [0, 0.05) is 10.9 Å². The highest BCUT2D eigenvalue weighted by atomic mass is 16.4. The smallest absolute Gasteiger partial charge is 0.266 e. The molecular formula is C18H13N3O. The van der Waals surface area contributed by atoms with Crippen molar-refractivity contribution >= 4 is 10.9 Å². The molecule has 4 heteroatoms. The number of fused-ring (bicyclic) bond motifs is 1. The number of hydrogen-bond acceptors (Lipinski definition) is 4. The molecule has 0 unspecified atom stereocenters. The Morgan fingerprint density at radius 3 is 2.41 bits per heavy atom. The average molecular weight is 287 g/mol. The second kappa shape index (κ2) is 5.07. The Morgan fingerprint density at radius 1 is 0.773 bits per heavy atom. The van der Waals surface area contributed by atoms with Gasteiger partial charge in [0.05, 0.1) is 5.52 Å². The third-order valence-electron chi connectivity index (χ3n) is 3.54. The molecule has 0 fully saturated rings. The maximum Gasteiger partial charge on any atom is 0.266 e. The predicted molar refractivity (Wildman–Crippen MR) is 85.2 cm³/mol. The minimum atomic E-state index is 0.432. The number of hydrogen-bond donors (Lipinski definition) is 0. The summed E-state index contributed by atoms with van der Waals surface area (Å²) in [5.74, 6) is 0.936. The fraction of sp³-hybridized carbons (Fsp3) is 0.0556. The largest absolute Gasteiger partial charge is 0.415 e. The monoisotopic (exact) mass is 287 g/mol. The van der Waals surface area contributed by atoms with Crippen molar-refractivity contribution in [3.63, 3.8) is 0 Å². The minimum Gasteiger partial charge on any atom is -0.415 e. The quantitative estimate of drug-likeness (QED) is 0.552. The van der Waals surface area contributed by atoms with Crippen LogP contribution in [0.2, 0.25) is 0 Å². The van der Waals surface area contributed by atoms with Crippen LogP contribution >= 0.6 is 0 Å². The van der Waals surface area contributed by atoms with Crippen LogP contribution in [0.5, 0.6) is 0 Å². The van der Waals surface area contributed by atoms with Crippen LogP contribution in [0.3, 0.4) is 0 Å². The first-order chi connectivity index (χ1) is 10.8. The molecule has 2 aromatic carbocycles. The molecule has 0 amide bonds. The topological polar surface area (TPSA) is 51.8 Å². The Hall–Kier alpha value is -3.01. The van der Waals surface area contributed by atoms with Gasteiger partial charge in [-0.25, -0.2) is 4.98 Å². The number of benzene rings is 2. The summed E-state index contributed by atoms with van der Waals surface area (Å²) in [6.45, 7) is 2.04. The van der Waals surface area contributed by atoms with Crippen molar-refractivity contribution < 1.29 is 4.42 Å². The lowest BCUT2D eigenvalue weighted by atomic mass is 10.1. The number of nitrogens with zero attached hydrogens (tertiary/aromatic N) is 3. The molecule has 0 atom stereocenters. The Labute approximate surface area is 127 Å². The van der Waals surface area contributed by atoms with Crippen LogP contribution in [0.15, 0.2) is 65.1 Å². The first-order valence-electron chi connectivity index (χ1n) is 7.06. The van der Waals surface area contributed by atoms with Gasteiger partial charge >= 0.3 is 0 Å². The van der Waals surface area contributed by atoms with Crippen molar-refractivity contribution in [3.8, 4) is 23.0 Å². The third kappa shape index (κ3) is 2.24. The summed E-state index contributed by atoms with van der Waals surface area (Å²) in [7, 11) is 0. The zero-order valence-corrected chi connectivity index (χ0v) is 12.0. The van der Waals surface area contributed by atoms with Gasteiger partial charge in [0.1, 0.15) is 5.69 Å². The molecule has 2 heterocycles. The second-order valence-electron chi connectivity index (χ2n) is 5.17. The third-order valence-corrected chi connectivity index (χ3v) is 3.54. The molecule has 4 rings (SSSR count). The van der Waals surface area contributed by atoms with Gasteiger partial charge in [-0.2, -0.15) is 0 Å². The number of aromatic nitrogens is 3. The van der Waals surface area contributed by atoms with Crippen molar-refractivity contribution in [1.82, 2.24) is 15.2 Å². The highest BCUT2D eigenvalue weighted by Crippen LogP contribution is 2.24. The van der Waals surface area contributed by atoms with E-state index in [-0.39, 0.29) is 0 Å². The van der Waals surface area contributed by atoms with Gasteiger partial charge in [0.15, 0.2) is 0 Å². The fourth-order valence-electron chi connectivity index (χ4n) is 2.32. The van der Waals surface area contributed by atoms with E-state index in [0.29, 0.717) is 17.5 Å². The molecule has 0 aliphatic carbocycles. The van der Waals surface area contributed by atoms with E-state index in [2.05, 4.69) is 15.2 Å². The van der Waals surface area contributed by atoms with E-state index in [0.717, 1.165) is 16.5 Å². The van der Waals surface area contributed by atoms with Gasteiger partial charge in [-0.1, -0.05) is 42.0 Å². The average Bonchev–Trinajstić information content (AvgIpc) is 3.05. The summed E-state index contributed by atoms with van der Waals surface area (Å²) in [5, 5.41) is 9.32. The molecule has 0 aliphatic rings. The highest BCUT2D eigenvalue weighted by molar-refractivity contribution is 5.80. The first kappa shape index (κ1) is 12.7. The van der Waals surface area contributed by atoms with Crippen molar-refractivity contribution in [2.45, 2.75) is 6.92 Å². The van der Waals surface area contributed by atoms with E-state index in [9.17, 15) is 0 Å². The van der Waals surface area contributed by atoms with Crippen LogP contribution in [-0.2, 0) is 0 Å². The highest BCUT2D eigenvalue weighted by Gasteiger charge is 2.11. The van der Waals surface area contributed by atoms with Crippen LogP contribution < -0.4 is 0 Å². The van der Waals surface area contributed by atoms with Gasteiger partial charge in [0.2, 0.25) is 5.89 Å². The molecule has 2 aromatic heterocycles. The molecule has 106 valence electrons. The maximum absolute atomic E-state index is 5.76. The van der Waals surface area contributed by atoms with Crippen LogP contribution in [-0.4, -0.2) is 15.2 Å². The van der Waals surface area contributed by atoms with Gasteiger partial charge in [-0.3, -0.25) is 0 Å². The molecule has 0 aliphatic heterocycles. The summed E-state index contributed by atoms with van der Waals surface area (Å²) < 4.78 is 5.76. The van der Waals surface area contributed by atoms with Gasteiger partial charge in [-0.15, -0.1) is 10.2 Å². The summed E-state index contributed by atoms with van der Waals surface area (Å²) in [5.41, 5.74) is 3.70. The lowest BCUT2D eigenvalue weighted by Crippen LogP contribution is -1.84. The normalized spacial score (nSPS) is 11.0. The maximum atomic E-state index is 5.76. The standard InChI is InChI=1S/C18H13N3O/c1-12-6-8-14(9-7-12)17-20-21-18(22-17)16-11-10-13-4-2-3-5-15(13)19-16/h2-11H,1H3. The van der Waals surface area contributed by atoms with Gasteiger partial charge < -0.3 is 4.42 Å². The van der Waals surface area contributed by atoms with Crippen LogP contribution in [0.4, 0.5) is 0 Å². The van der Waals surface area contributed by atoms with E-state index in [1.807, 2.05) is 67.6 Å². The molecule has 0 radical (unpaired) electrons. The molecular weight excluding hydrogens is 274 g/mol. The molecule has 4 aromatic rings. The molecule has 22 heavy (non-hydrogen) atoms. The van der Waals surface area contributed by atoms with Crippen LogP contribution in [0, 0.1) is 6.92 Å². The Morgan fingerprint density at radius 2 is 1.55 bits per heavy atom. The van der Waals surface area contributed by atoms with Crippen molar-refractivity contribution in [1.29, 1.82) is 0 Å². The van der Waals surface area contributed by atoms with E-state index < -0.39 is 0 Å².